The van der Waals surface area contributed by atoms with Crippen molar-refractivity contribution in [2.24, 2.45) is 0 Å². The molecule has 0 saturated heterocycles. The van der Waals surface area contributed by atoms with Crippen LogP contribution in [0.3, 0.4) is 0 Å². The number of thioether (sulfide) groups is 1. The van der Waals surface area contributed by atoms with Crippen molar-refractivity contribution in [3.63, 3.8) is 0 Å². The number of benzene rings is 4. The molecular weight excluding hydrogens is 922 g/mol. The maximum absolute atomic E-state index is 14.0. The van der Waals surface area contributed by atoms with Gasteiger partial charge in [-0.3, -0.25) is 19.0 Å². The van der Waals surface area contributed by atoms with Gasteiger partial charge in [-0.2, -0.15) is 0 Å². The fourth-order valence-corrected chi connectivity index (χ4v) is 11.6. The van der Waals surface area contributed by atoms with Gasteiger partial charge in [0.2, 0.25) is 35.5 Å². The standard InChI is InChI=1S/C22H17FN2O3S3.C21H19N5O5S2/c1-29-19-7-6-17(11-18(19)23)31(27,28)16-4-2-14(3-5-16)12-25-22(26)20-10-15-8-9-24-13-21(15)30-20;1-22-33(30,31)19-5-3-2-4-18(19)32(28,29)17-8-6-15(7-9-17)12-24-20(27)16-13-25-21-23-10-11-26(21)14-16/h2-11,13H,12H2,1H3,(H,25,26);2-11,13-14,22H,12H2,1H3,(H,24,27). The lowest BCUT2D eigenvalue weighted by Crippen LogP contribution is -2.23. The van der Waals surface area contributed by atoms with Crippen molar-refractivity contribution in [1.29, 1.82) is 0 Å². The third kappa shape index (κ3) is 10.0. The Labute approximate surface area is 375 Å². The number of rotatable bonds is 13. The van der Waals surface area contributed by atoms with Gasteiger partial charge in [-0.05, 0) is 96.5 Å². The first-order valence-electron chi connectivity index (χ1n) is 18.8. The Balaban J connectivity index is 0.000000192. The molecule has 8 rings (SSSR count). The maximum Gasteiger partial charge on any atom is 0.261 e. The molecule has 0 radical (unpaired) electrons. The summed E-state index contributed by atoms with van der Waals surface area (Å²) < 4.78 is 95.0. The lowest BCUT2D eigenvalue weighted by atomic mass is 10.2. The Morgan fingerprint density at radius 2 is 1.34 bits per heavy atom. The highest BCUT2D eigenvalue weighted by atomic mass is 32.2. The van der Waals surface area contributed by atoms with E-state index in [-0.39, 0.29) is 49.4 Å². The van der Waals surface area contributed by atoms with Crippen LogP contribution in [0.1, 0.15) is 31.2 Å². The molecule has 2 amide bonds. The summed E-state index contributed by atoms with van der Waals surface area (Å²) in [7, 11) is -10.7. The van der Waals surface area contributed by atoms with E-state index in [0.717, 1.165) is 21.7 Å². The number of amides is 2. The number of hydrogen-bond acceptors (Lipinski definition) is 13. The number of carbonyl (C=O) groups is 2. The monoisotopic (exact) mass is 957 g/mol. The molecule has 328 valence electrons. The minimum atomic E-state index is -4.09. The van der Waals surface area contributed by atoms with E-state index < -0.39 is 35.5 Å². The van der Waals surface area contributed by atoms with E-state index in [2.05, 4.69) is 30.3 Å². The first-order valence-corrected chi connectivity index (χ1v) is 25.3. The molecule has 0 fully saturated rings. The van der Waals surface area contributed by atoms with Crippen LogP contribution in [0.5, 0.6) is 0 Å². The first kappa shape index (κ1) is 45.7. The number of sulfone groups is 2. The van der Waals surface area contributed by atoms with Gasteiger partial charge in [0.05, 0.1) is 34.7 Å². The zero-order chi connectivity index (χ0) is 45.6. The summed E-state index contributed by atoms with van der Waals surface area (Å²) in [5, 5.41) is 6.54. The number of thiophene rings is 1. The van der Waals surface area contributed by atoms with Gasteiger partial charge in [-0.15, -0.1) is 23.1 Å². The molecule has 64 heavy (non-hydrogen) atoms. The fourth-order valence-electron chi connectivity index (χ4n) is 6.14. The van der Waals surface area contributed by atoms with Gasteiger partial charge in [-0.1, -0.05) is 36.4 Å². The molecule has 0 spiro atoms. The zero-order valence-corrected chi connectivity index (χ0v) is 37.7. The molecule has 0 atom stereocenters. The van der Waals surface area contributed by atoms with Crippen LogP contribution >= 0.6 is 23.1 Å². The molecular formula is C43H36FN7O8S5. The highest BCUT2D eigenvalue weighted by Crippen LogP contribution is 2.29. The highest BCUT2D eigenvalue weighted by molar-refractivity contribution is 7.98. The second-order valence-electron chi connectivity index (χ2n) is 13.6. The maximum atomic E-state index is 14.0. The highest BCUT2D eigenvalue weighted by Gasteiger charge is 2.27. The molecule has 0 aliphatic rings. The predicted octanol–water partition coefficient (Wildman–Crippen LogP) is 6.32. The van der Waals surface area contributed by atoms with Crippen LogP contribution in [0.4, 0.5) is 4.39 Å². The second-order valence-corrected chi connectivity index (χ2v) is 21.3. The molecule has 21 heteroatoms. The van der Waals surface area contributed by atoms with Gasteiger partial charge in [-0.25, -0.2) is 44.3 Å². The van der Waals surface area contributed by atoms with Gasteiger partial charge in [0.15, 0.2) is 0 Å². The quantitative estimate of drug-likeness (QED) is 0.108. The molecule has 0 aliphatic heterocycles. The molecule has 15 nitrogen and oxygen atoms in total. The first-order chi connectivity index (χ1) is 30.6. The second kappa shape index (κ2) is 19.2. The predicted molar refractivity (Wildman–Crippen MR) is 240 cm³/mol. The molecule has 0 saturated carbocycles. The molecule has 4 aromatic heterocycles. The van der Waals surface area contributed by atoms with Crippen molar-refractivity contribution < 1.29 is 39.2 Å². The van der Waals surface area contributed by atoms with E-state index in [1.807, 2.05) is 12.1 Å². The zero-order valence-electron chi connectivity index (χ0n) is 33.7. The average Bonchev–Trinajstić information content (AvgIpc) is 3.98. The number of sulfonamides is 1. The molecule has 4 heterocycles. The van der Waals surface area contributed by atoms with Gasteiger partial charge < -0.3 is 10.6 Å². The van der Waals surface area contributed by atoms with Crippen molar-refractivity contribution in [2.45, 2.75) is 42.5 Å². The molecule has 0 unspecified atom stereocenters. The third-order valence-corrected chi connectivity index (χ3v) is 16.6. The normalized spacial score (nSPS) is 11.8. The molecule has 3 N–H and O–H groups in total. The van der Waals surface area contributed by atoms with Gasteiger partial charge in [0.1, 0.15) is 10.7 Å². The minimum Gasteiger partial charge on any atom is -0.348 e. The topological polar surface area (TPSA) is 216 Å². The van der Waals surface area contributed by atoms with Gasteiger partial charge >= 0.3 is 0 Å². The number of hydrogen-bond donors (Lipinski definition) is 3. The van der Waals surface area contributed by atoms with E-state index in [9.17, 15) is 39.2 Å². The van der Waals surface area contributed by atoms with Crippen molar-refractivity contribution in [3.05, 3.63) is 168 Å². The number of imidazole rings is 1. The average molecular weight is 958 g/mol. The number of aromatic nitrogens is 4. The fraction of sp³-hybridized carbons (Fsp3) is 0.0930. The third-order valence-electron chi connectivity index (χ3n) is 9.56. The van der Waals surface area contributed by atoms with E-state index in [1.165, 1.54) is 97.0 Å². The summed E-state index contributed by atoms with van der Waals surface area (Å²) in [6.45, 7) is 0.411. The van der Waals surface area contributed by atoms with E-state index in [4.69, 9.17) is 0 Å². The Kier molecular flexibility index (Phi) is 13.7. The van der Waals surface area contributed by atoms with Crippen molar-refractivity contribution in [2.75, 3.05) is 13.3 Å². The van der Waals surface area contributed by atoms with Crippen LogP contribution in [-0.4, -0.2) is 69.7 Å². The largest absolute Gasteiger partial charge is 0.348 e. The van der Waals surface area contributed by atoms with E-state index in [0.29, 0.717) is 26.7 Å². The summed E-state index contributed by atoms with van der Waals surface area (Å²) >= 11 is 2.57. The van der Waals surface area contributed by atoms with Crippen LogP contribution in [0.2, 0.25) is 0 Å². The van der Waals surface area contributed by atoms with Crippen molar-refractivity contribution in [3.8, 4) is 0 Å². The number of nitrogens with zero attached hydrogens (tertiary/aromatic N) is 4. The summed E-state index contributed by atoms with van der Waals surface area (Å²) in [5.74, 6) is -0.638. The summed E-state index contributed by atoms with van der Waals surface area (Å²) in [4.78, 5) is 37.2. The number of fused-ring (bicyclic) bond motifs is 2. The molecule has 0 bridgehead atoms. The smallest absolute Gasteiger partial charge is 0.261 e. The molecule has 8 aromatic rings. The number of carbonyl (C=O) groups excluding carboxylic acids is 2. The van der Waals surface area contributed by atoms with Crippen LogP contribution in [0.15, 0.2) is 170 Å². The summed E-state index contributed by atoms with van der Waals surface area (Å²) in [6, 6.07) is 25.0. The van der Waals surface area contributed by atoms with Gasteiger partial charge in [0.25, 0.3) is 11.8 Å². The number of pyridine rings is 1. The van der Waals surface area contributed by atoms with Crippen LogP contribution in [-0.2, 0) is 42.8 Å². The number of nitrogens with one attached hydrogen (secondary N) is 3. The Morgan fingerprint density at radius 3 is 1.97 bits per heavy atom. The van der Waals surface area contributed by atoms with Gasteiger partial charge in [0, 0.05) is 55.2 Å². The molecule has 0 aliphatic carbocycles. The van der Waals surface area contributed by atoms with E-state index in [1.54, 1.807) is 65.9 Å². The van der Waals surface area contributed by atoms with Crippen LogP contribution < -0.4 is 15.4 Å². The lowest BCUT2D eigenvalue weighted by molar-refractivity contribution is 0.0944. The SMILES string of the molecule is CNS(=O)(=O)c1ccccc1S(=O)(=O)c1ccc(CNC(=O)c2cnc3nccn3c2)cc1.CSc1ccc(S(=O)(=O)c2ccc(CNC(=O)c3cc4ccncc4s3)cc2)cc1F. The van der Waals surface area contributed by atoms with E-state index >= 15 is 0 Å². The van der Waals surface area contributed by atoms with Crippen molar-refractivity contribution >= 4 is 80.5 Å². The van der Waals surface area contributed by atoms with Crippen LogP contribution in [0.25, 0.3) is 15.9 Å². The molecule has 4 aromatic carbocycles. The number of halogens is 1. The summed E-state index contributed by atoms with van der Waals surface area (Å²) in [5.41, 5.74) is 1.76. The Morgan fingerprint density at radius 1 is 0.719 bits per heavy atom. The van der Waals surface area contributed by atoms with Crippen LogP contribution in [0, 0.1) is 5.82 Å². The summed E-state index contributed by atoms with van der Waals surface area (Å²) in [6.07, 6.45) is 11.4. The van der Waals surface area contributed by atoms with Crippen molar-refractivity contribution in [1.82, 2.24) is 34.7 Å². The Bertz CT molecular complexity index is 3330. The minimum absolute atomic E-state index is 0.0638. The lowest BCUT2D eigenvalue weighted by Gasteiger charge is -2.11. The Hall–Kier alpha value is -6.36.